The normalized spacial score (nSPS) is 12.3. The summed E-state index contributed by atoms with van der Waals surface area (Å²) in [6.45, 7) is 10.2. The van der Waals surface area contributed by atoms with Crippen molar-refractivity contribution in [3.05, 3.63) is 12.2 Å². The number of allylic oxidation sites excluding steroid dienone is 2. The Balaban J connectivity index is 3.23. The van der Waals surface area contributed by atoms with Crippen molar-refractivity contribution in [3.8, 4) is 0 Å². The average molecular weight is 647 g/mol. The lowest BCUT2D eigenvalue weighted by molar-refractivity contribution is -0.121. The largest absolute Gasteiger partial charge is 0.356 e. The maximum Gasteiger partial charge on any atom is 0.219 e. The van der Waals surface area contributed by atoms with Crippen LogP contribution in [-0.2, 0) is 4.79 Å². The van der Waals surface area contributed by atoms with E-state index in [0.29, 0.717) is 6.42 Å². The third kappa shape index (κ3) is 39.3. The van der Waals surface area contributed by atoms with Crippen LogP contribution in [0.5, 0.6) is 0 Å². The second-order valence-corrected chi connectivity index (χ2v) is 14.8. The van der Waals surface area contributed by atoms with Gasteiger partial charge in [0.2, 0.25) is 5.91 Å². The Kier molecular flexibility index (Phi) is 39.6. The lowest BCUT2D eigenvalue weighted by atomic mass is 9.96. The number of unbranched alkanes of at least 4 members (excludes halogenated alkanes) is 25. The van der Waals surface area contributed by atoms with Gasteiger partial charge in [0.1, 0.15) is 0 Å². The summed E-state index contributed by atoms with van der Waals surface area (Å²) >= 11 is 0. The first-order valence-corrected chi connectivity index (χ1v) is 21.3. The highest BCUT2D eigenvalue weighted by molar-refractivity contribution is 5.75. The number of hydrogen-bond acceptors (Lipinski definition) is 2. The van der Waals surface area contributed by atoms with Gasteiger partial charge in [-0.1, -0.05) is 187 Å². The van der Waals surface area contributed by atoms with Crippen LogP contribution in [0.2, 0.25) is 0 Å². The topological polar surface area (TPSA) is 41.1 Å². The molecular weight excluding hydrogens is 560 g/mol. The van der Waals surface area contributed by atoms with Crippen LogP contribution >= 0.6 is 0 Å². The van der Waals surface area contributed by atoms with Crippen LogP contribution in [0.3, 0.4) is 0 Å². The van der Waals surface area contributed by atoms with Crippen molar-refractivity contribution in [2.24, 2.45) is 5.92 Å². The van der Waals surface area contributed by atoms with Crippen LogP contribution in [0.4, 0.5) is 0 Å². The Morgan fingerprint density at radius 1 is 0.457 bits per heavy atom. The summed E-state index contributed by atoms with van der Waals surface area (Å²) in [4.78, 5) is 12.1. The van der Waals surface area contributed by atoms with Crippen molar-refractivity contribution in [1.82, 2.24) is 10.6 Å². The van der Waals surface area contributed by atoms with Gasteiger partial charge >= 0.3 is 0 Å². The summed E-state index contributed by atoms with van der Waals surface area (Å²) in [7, 11) is 0. The smallest absolute Gasteiger partial charge is 0.219 e. The Morgan fingerprint density at radius 2 is 0.826 bits per heavy atom. The first kappa shape index (κ1) is 45.2. The number of hydrogen-bond donors (Lipinski definition) is 2. The monoisotopic (exact) mass is 647 g/mol. The SMILES string of the molecule is CCCCCCCCC/C=C\CCCCCCCNCCCCCCC(=O)NCCCCCCCC(C)CCCCCCCCC. The molecule has 3 nitrogen and oxygen atoms in total. The van der Waals surface area contributed by atoms with Crippen molar-refractivity contribution in [1.29, 1.82) is 0 Å². The van der Waals surface area contributed by atoms with Crippen LogP contribution in [0, 0.1) is 5.92 Å². The zero-order chi connectivity index (χ0) is 33.4. The van der Waals surface area contributed by atoms with E-state index in [-0.39, 0.29) is 5.91 Å². The fourth-order valence-corrected chi connectivity index (χ4v) is 6.57. The Morgan fingerprint density at radius 3 is 1.30 bits per heavy atom. The number of rotatable bonds is 39. The van der Waals surface area contributed by atoms with Gasteiger partial charge in [0, 0.05) is 13.0 Å². The van der Waals surface area contributed by atoms with Gasteiger partial charge < -0.3 is 10.6 Å². The molecule has 0 aromatic carbocycles. The zero-order valence-corrected chi connectivity index (χ0v) is 32.1. The van der Waals surface area contributed by atoms with Gasteiger partial charge in [0.05, 0.1) is 0 Å². The molecule has 2 N–H and O–H groups in total. The molecule has 0 rings (SSSR count). The lowest BCUT2D eigenvalue weighted by Gasteiger charge is -2.11. The number of amides is 1. The Bertz CT molecular complexity index is 604. The molecule has 1 unspecified atom stereocenters. The first-order valence-electron chi connectivity index (χ1n) is 21.3. The molecule has 0 aliphatic heterocycles. The summed E-state index contributed by atoms with van der Waals surface area (Å²) in [6, 6.07) is 0. The minimum Gasteiger partial charge on any atom is -0.356 e. The first-order chi connectivity index (χ1) is 22.7. The standard InChI is InChI=1S/C43H86N2O/c1-4-6-8-10-12-13-14-15-16-17-18-19-20-22-27-33-39-44-40-34-29-26-32-38-43(46)45-41-35-28-23-25-31-37-42(3)36-30-24-21-11-9-7-5-2/h16-17,42,44H,4-15,18-41H2,1-3H3,(H,45,46)/b17-16-. The summed E-state index contributed by atoms with van der Waals surface area (Å²) in [6.07, 6.45) is 48.8. The maximum atomic E-state index is 12.1. The van der Waals surface area contributed by atoms with E-state index in [9.17, 15) is 4.79 Å². The van der Waals surface area contributed by atoms with Gasteiger partial charge in [-0.05, 0) is 70.4 Å². The number of carbonyl (C=O) groups is 1. The Labute approximate surface area is 291 Å². The molecule has 0 fully saturated rings. The summed E-state index contributed by atoms with van der Waals surface area (Å²) < 4.78 is 0. The molecule has 0 aromatic heterocycles. The fourth-order valence-electron chi connectivity index (χ4n) is 6.57. The fraction of sp³-hybridized carbons (Fsp3) is 0.930. The van der Waals surface area contributed by atoms with E-state index in [4.69, 9.17) is 0 Å². The van der Waals surface area contributed by atoms with Crippen molar-refractivity contribution in [3.63, 3.8) is 0 Å². The van der Waals surface area contributed by atoms with Gasteiger partial charge in [-0.3, -0.25) is 4.79 Å². The van der Waals surface area contributed by atoms with Crippen molar-refractivity contribution in [2.75, 3.05) is 19.6 Å². The summed E-state index contributed by atoms with van der Waals surface area (Å²) in [5, 5.41) is 6.77. The molecule has 3 heteroatoms. The van der Waals surface area contributed by atoms with Crippen molar-refractivity contribution in [2.45, 2.75) is 233 Å². The minimum absolute atomic E-state index is 0.261. The van der Waals surface area contributed by atoms with E-state index < -0.39 is 0 Å². The van der Waals surface area contributed by atoms with E-state index in [1.54, 1.807) is 0 Å². The van der Waals surface area contributed by atoms with E-state index in [2.05, 4.69) is 43.6 Å². The second-order valence-electron chi connectivity index (χ2n) is 14.8. The molecule has 0 saturated carbocycles. The van der Waals surface area contributed by atoms with E-state index in [0.717, 1.165) is 31.8 Å². The molecule has 0 aliphatic rings. The predicted octanol–water partition coefficient (Wildman–Crippen LogP) is 13.8. The van der Waals surface area contributed by atoms with Crippen LogP contribution in [0.25, 0.3) is 0 Å². The molecule has 274 valence electrons. The van der Waals surface area contributed by atoms with E-state index >= 15 is 0 Å². The highest BCUT2D eigenvalue weighted by atomic mass is 16.1. The molecular formula is C43H86N2O. The van der Waals surface area contributed by atoms with Crippen LogP contribution in [0.15, 0.2) is 12.2 Å². The van der Waals surface area contributed by atoms with Gasteiger partial charge in [0.25, 0.3) is 0 Å². The number of carbonyl (C=O) groups excluding carboxylic acids is 1. The highest BCUT2D eigenvalue weighted by Crippen LogP contribution is 2.18. The van der Waals surface area contributed by atoms with E-state index in [1.807, 2.05) is 0 Å². The molecule has 0 spiro atoms. The molecule has 1 amide bonds. The highest BCUT2D eigenvalue weighted by Gasteiger charge is 2.03. The van der Waals surface area contributed by atoms with Gasteiger partial charge in [-0.2, -0.15) is 0 Å². The van der Waals surface area contributed by atoms with Crippen LogP contribution in [0.1, 0.15) is 233 Å². The molecule has 0 radical (unpaired) electrons. The molecule has 46 heavy (non-hydrogen) atoms. The predicted molar refractivity (Wildman–Crippen MR) is 208 cm³/mol. The second kappa shape index (κ2) is 40.3. The van der Waals surface area contributed by atoms with Crippen LogP contribution in [-0.4, -0.2) is 25.5 Å². The van der Waals surface area contributed by atoms with Crippen molar-refractivity contribution < 1.29 is 4.79 Å². The summed E-state index contributed by atoms with van der Waals surface area (Å²) in [5.74, 6) is 1.16. The molecule has 0 saturated heterocycles. The maximum absolute atomic E-state index is 12.1. The van der Waals surface area contributed by atoms with Crippen LogP contribution < -0.4 is 10.6 Å². The Hall–Kier alpha value is -0.830. The molecule has 1 atom stereocenters. The quantitative estimate of drug-likeness (QED) is 0.0515. The molecule has 0 bridgehead atoms. The number of nitrogens with one attached hydrogen (secondary N) is 2. The third-order valence-electron chi connectivity index (χ3n) is 9.87. The van der Waals surface area contributed by atoms with Gasteiger partial charge in [-0.15, -0.1) is 0 Å². The average Bonchev–Trinajstić information content (AvgIpc) is 3.05. The molecule has 0 heterocycles. The van der Waals surface area contributed by atoms with Crippen molar-refractivity contribution >= 4 is 5.91 Å². The lowest BCUT2D eigenvalue weighted by Crippen LogP contribution is -2.24. The third-order valence-corrected chi connectivity index (χ3v) is 9.87. The van der Waals surface area contributed by atoms with Gasteiger partial charge in [0.15, 0.2) is 0 Å². The summed E-state index contributed by atoms with van der Waals surface area (Å²) in [5.41, 5.74) is 0. The minimum atomic E-state index is 0.261. The van der Waals surface area contributed by atoms with E-state index in [1.165, 1.54) is 199 Å². The van der Waals surface area contributed by atoms with Gasteiger partial charge in [-0.25, -0.2) is 0 Å². The molecule has 0 aliphatic carbocycles. The zero-order valence-electron chi connectivity index (χ0n) is 32.1. The molecule has 0 aromatic rings.